The monoisotopic (exact) mass is 291 g/mol. The Bertz CT molecular complexity index is 433. The Morgan fingerprint density at radius 1 is 0.857 bits per heavy atom. The third-order valence-electron chi connectivity index (χ3n) is 8.80. The Labute approximate surface area is 129 Å². The summed E-state index contributed by atoms with van der Waals surface area (Å²) in [7, 11) is 0. The molecule has 0 spiro atoms. The third kappa shape index (κ3) is 1.78. The number of nitrogens with two attached hydrogens (primary N) is 1. The molecule has 21 heavy (non-hydrogen) atoms. The topological polar surface area (TPSA) is 46.2 Å². The predicted octanol–water partition coefficient (Wildman–Crippen LogP) is 4.07. The zero-order valence-electron chi connectivity index (χ0n) is 13.9. The highest BCUT2D eigenvalue weighted by molar-refractivity contribution is 5.12. The summed E-state index contributed by atoms with van der Waals surface area (Å²) in [6.45, 7) is 4.90. The molecule has 2 heteroatoms. The first-order valence-electron chi connectivity index (χ1n) is 9.40. The smallest absolute Gasteiger partial charge is 0.119 e. The summed E-state index contributed by atoms with van der Waals surface area (Å²) in [5, 5.41) is 10.7. The second-order valence-corrected chi connectivity index (χ2v) is 9.32. The van der Waals surface area contributed by atoms with Crippen LogP contribution in [0, 0.1) is 34.5 Å². The van der Waals surface area contributed by atoms with Gasteiger partial charge in [-0.15, -0.1) is 0 Å². The molecule has 7 atom stereocenters. The first kappa shape index (κ1) is 14.5. The Morgan fingerprint density at radius 3 is 2.43 bits per heavy atom. The molecule has 4 fully saturated rings. The van der Waals surface area contributed by atoms with E-state index in [4.69, 9.17) is 5.73 Å². The van der Waals surface area contributed by atoms with Crippen LogP contribution in [0.25, 0.3) is 0 Å². The number of fused-ring (bicyclic) bond motifs is 5. The van der Waals surface area contributed by atoms with E-state index in [9.17, 15) is 5.11 Å². The minimum absolute atomic E-state index is 0.0218. The van der Waals surface area contributed by atoms with Crippen molar-refractivity contribution in [3.8, 4) is 0 Å². The van der Waals surface area contributed by atoms with E-state index in [0.29, 0.717) is 11.3 Å². The van der Waals surface area contributed by atoms with Gasteiger partial charge < -0.3 is 10.8 Å². The van der Waals surface area contributed by atoms with Gasteiger partial charge in [0.15, 0.2) is 0 Å². The van der Waals surface area contributed by atoms with Crippen LogP contribution >= 0.6 is 0 Å². The molecule has 2 nitrogen and oxygen atoms in total. The van der Waals surface area contributed by atoms with Gasteiger partial charge in [0, 0.05) is 5.41 Å². The quantitative estimate of drug-likeness (QED) is 0.661. The van der Waals surface area contributed by atoms with E-state index in [2.05, 4.69) is 13.8 Å². The van der Waals surface area contributed by atoms with Gasteiger partial charge in [-0.1, -0.05) is 26.7 Å². The first-order chi connectivity index (χ1) is 9.88. The molecule has 0 aromatic rings. The van der Waals surface area contributed by atoms with E-state index in [-0.39, 0.29) is 5.41 Å². The molecule has 0 radical (unpaired) electrons. The lowest BCUT2D eigenvalue weighted by Crippen LogP contribution is -2.59. The standard InChI is InChI=1S/C19H33NO/c1-17-10-4-3-5-13(17)6-7-14-15(17)8-11-18(2)16(14)9-12-19(18,20)21/h13-16,21H,3-12,20H2,1-2H3/t13?,14-,15-,16+,17+,18+,19?/m1/s1. The highest BCUT2D eigenvalue weighted by Crippen LogP contribution is 2.67. The lowest BCUT2D eigenvalue weighted by Gasteiger charge is -2.61. The largest absolute Gasteiger partial charge is 0.376 e. The molecule has 0 amide bonds. The minimum Gasteiger partial charge on any atom is -0.376 e. The van der Waals surface area contributed by atoms with E-state index in [1.54, 1.807) is 0 Å². The highest BCUT2D eigenvalue weighted by atomic mass is 16.3. The fourth-order valence-corrected chi connectivity index (χ4v) is 7.35. The first-order valence-corrected chi connectivity index (χ1v) is 9.40. The van der Waals surface area contributed by atoms with Crippen molar-refractivity contribution in [3.63, 3.8) is 0 Å². The van der Waals surface area contributed by atoms with E-state index < -0.39 is 5.72 Å². The van der Waals surface area contributed by atoms with Crippen LogP contribution in [0.3, 0.4) is 0 Å². The summed E-state index contributed by atoms with van der Waals surface area (Å²) in [5.41, 5.74) is 5.97. The fraction of sp³-hybridized carbons (Fsp3) is 1.00. The number of hydrogen-bond donors (Lipinski definition) is 2. The molecule has 2 unspecified atom stereocenters. The molecule has 0 bridgehead atoms. The molecule has 0 saturated heterocycles. The molecule has 4 saturated carbocycles. The lowest BCUT2D eigenvalue weighted by atomic mass is 9.45. The maximum absolute atomic E-state index is 10.7. The molecular formula is C19H33NO. The molecule has 120 valence electrons. The van der Waals surface area contributed by atoms with Crippen molar-refractivity contribution in [2.75, 3.05) is 0 Å². The van der Waals surface area contributed by atoms with E-state index in [0.717, 1.165) is 37.0 Å². The van der Waals surface area contributed by atoms with E-state index in [1.165, 1.54) is 44.9 Å². The maximum atomic E-state index is 10.7. The van der Waals surface area contributed by atoms with Crippen molar-refractivity contribution >= 4 is 0 Å². The Balaban J connectivity index is 1.66. The van der Waals surface area contributed by atoms with Crippen LogP contribution in [-0.2, 0) is 0 Å². The van der Waals surface area contributed by atoms with Crippen molar-refractivity contribution in [2.45, 2.75) is 83.8 Å². The van der Waals surface area contributed by atoms with Crippen molar-refractivity contribution in [3.05, 3.63) is 0 Å². The van der Waals surface area contributed by atoms with Gasteiger partial charge in [-0.05, 0) is 80.5 Å². The molecule has 4 rings (SSSR count). The molecule has 0 aliphatic heterocycles. The highest BCUT2D eigenvalue weighted by Gasteiger charge is 2.63. The van der Waals surface area contributed by atoms with Crippen LogP contribution in [0.5, 0.6) is 0 Å². The van der Waals surface area contributed by atoms with Crippen molar-refractivity contribution in [2.24, 2.45) is 40.2 Å². The van der Waals surface area contributed by atoms with Gasteiger partial charge in [-0.2, -0.15) is 0 Å². The number of hydrogen-bond acceptors (Lipinski definition) is 2. The normalized spacial score (nSPS) is 60.0. The SMILES string of the molecule is C[C@]12CCCCC1CC[C@@H]1[C@H]2CC[C@@]2(C)[C@H]1CCC2(N)O. The summed E-state index contributed by atoms with van der Waals surface area (Å²) < 4.78 is 0. The average Bonchev–Trinajstić information content (AvgIpc) is 2.69. The Morgan fingerprint density at radius 2 is 1.62 bits per heavy atom. The average molecular weight is 291 g/mol. The van der Waals surface area contributed by atoms with Gasteiger partial charge in [0.05, 0.1) is 0 Å². The molecule has 3 N–H and O–H groups in total. The van der Waals surface area contributed by atoms with Gasteiger partial charge in [0.25, 0.3) is 0 Å². The number of rotatable bonds is 0. The van der Waals surface area contributed by atoms with Gasteiger partial charge in [0.2, 0.25) is 0 Å². The minimum atomic E-state index is -0.910. The van der Waals surface area contributed by atoms with Crippen molar-refractivity contribution < 1.29 is 5.11 Å². The zero-order chi connectivity index (χ0) is 14.9. The molecule has 4 aliphatic carbocycles. The van der Waals surface area contributed by atoms with Crippen LogP contribution < -0.4 is 5.73 Å². The van der Waals surface area contributed by atoms with Crippen molar-refractivity contribution in [1.82, 2.24) is 0 Å². The van der Waals surface area contributed by atoms with E-state index >= 15 is 0 Å². The van der Waals surface area contributed by atoms with E-state index in [1.807, 2.05) is 0 Å². The predicted molar refractivity (Wildman–Crippen MR) is 85.5 cm³/mol. The lowest BCUT2D eigenvalue weighted by molar-refractivity contribution is -0.149. The summed E-state index contributed by atoms with van der Waals surface area (Å²) in [6.07, 6.45) is 13.1. The van der Waals surface area contributed by atoms with Crippen LogP contribution in [0.15, 0.2) is 0 Å². The van der Waals surface area contributed by atoms with Gasteiger partial charge >= 0.3 is 0 Å². The molecule has 0 aromatic heterocycles. The molecular weight excluding hydrogens is 258 g/mol. The summed E-state index contributed by atoms with van der Waals surface area (Å²) in [5.74, 6) is 3.39. The van der Waals surface area contributed by atoms with Crippen LogP contribution in [0.4, 0.5) is 0 Å². The maximum Gasteiger partial charge on any atom is 0.119 e. The van der Waals surface area contributed by atoms with Crippen molar-refractivity contribution in [1.29, 1.82) is 0 Å². The number of aliphatic hydroxyl groups is 1. The fourth-order valence-electron chi connectivity index (χ4n) is 7.35. The molecule has 4 aliphatic rings. The van der Waals surface area contributed by atoms with Crippen LogP contribution in [0.2, 0.25) is 0 Å². The van der Waals surface area contributed by atoms with Gasteiger partial charge in [-0.25, -0.2) is 0 Å². The second kappa shape index (κ2) is 4.47. The summed E-state index contributed by atoms with van der Waals surface area (Å²) in [6, 6.07) is 0. The zero-order valence-corrected chi connectivity index (χ0v) is 13.9. The second-order valence-electron chi connectivity index (χ2n) is 9.32. The summed E-state index contributed by atoms with van der Waals surface area (Å²) >= 11 is 0. The molecule has 0 heterocycles. The van der Waals surface area contributed by atoms with Crippen LogP contribution in [0.1, 0.15) is 78.1 Å². The van der Waals surface area contributed by atoms with Crippen LogP contribution in [-0.4, -0.2) is 10.8 Å². The summed E-state index contributed by atoms with van der Waals surface area (Å²) in [4.78, 5) is 0. The third-order valence-corrected chi connectivity index (χ3v) is 8.80. The Kier molecular flexibility index (Phi) is 3.09. The van der Waals surface area contributed by atoms with Gasteiger partial charge in [-0.3, -0.25) is 0 Å². The molecule has 0 aromatic carbocycles. The Hall–Kier alpha value is -0.0800. The van der Waals surface area contributed by atoms with Gasteiger partial charge in [0.1, 0.15) is 5.72 Å².